The van der Waals surface area contributed by atoms with E-state index in [1.807, 2.05) is 0 Å². The molecule has 0 saturated carbocycles. The van der Waals surface area contributed by atoms with Crippen LogP contribution >= 0.6 is 0 Å². The van der Waals surface area contributed by atoms with E-state index < -0.39 is 5.67 Å². The van der Waals surface area contributed by atoms with Gasteiger partial charge < -0.3 is 14.2 Å². The van der Waals surface area contributed by atoms with Gasteiger partial charge in [-0.15, -0.1) is 0 Å². The van der Waals surface area contributed by atoms with E-state index in [1.54, 1.807) is 36.7 Å². The highest BCUT2D eigenvalue weighted by molar-refractivity contribution is 5.94. The molecule has 138 valence electrons. The van der Waals surface area contributed by atoms with Crippen LogP contribution < -0.4 is 4.74 Å². The zero-order valence-corrected chi connectivity index (χ0v) is 14.5. The first-order valence-electron chi connectivity index (χ1n) is 8.32. The summed E-state index contributed by atoms with van der Waals surface area (Å²) in [5, 5.41) is 3.79. The van der Waals surface area contributed by atoms with E-state index in [4.69, 9.17) is 9.26 Å². The molecular weight excluding hydrogens is 353 g/mol. The van der Waals surface area contributed by atoms with Crippen LogP contribution in [0.2, 0.25) is 0 Å². The number of aromatic nitrogens is 4. The highest BCUT2D eigenvalue weighted by Crippen LogP contribution is 2.36. The summed E-state index contributed by atoms with van der Waals surface area (Å²) in [6.45, 7) is 0.105. The number of nitrogens with zero attached hydrogens (tertiary/aromatic N) is 5. The van der Waals surface area contributed by atoms with E-state index in [0.29, 0.717) is 17.0 Å². The Bertz CT molecular complexity index is 947. The van der Waals surface area contributed by atoms with Gasteiger partial charge in [-0.25, -0.2) is 9.37 Å². The maximum absolute atomic E-state index is 15.4. The fourth-order valence-corrected chi connectivity index (χ4v) is 2.96. The number of alkyl halides is 1. The van der Waals surface area contributed by atoms with Crippen molar-refractivity contribution in [1.82, 2.24) is 25.0 Å². The van der Waals surface area contributed by atoms with Gasteiger partial charge in [0.1, 0.15) is 0 Å². The fourth-order valence-electron chi connectivity index (χ4n) is 2.96. The van der Waals surface area contributed by atoms with E-state index in [9.17, 15) is 4.79 Å². The first kappa shape index (κ1) is 17.1. The Morgan fingerprint density at radius 2 is 2.11 bits per heavy atom. The van der Waals surface area contributed by atoms with Gasteiger partial charge in [-0.2, -0.15) is 4.98 Å². The molecule has 3 aromatic rings. The molecule has 3 aromatic heterocycles. The number of likely N-dealkylation sites (tertiary alicyclic amines) is 1. The van der Waals surface area contributed by atoms with E-state index in [-0.39, 0.29) is 37.1 Å². The van der Waals surface area contributed by atoms with Gasteiger partial charge in [-0.1, -0.05) is 5.16 Å². The van der Waals surface area contributed by atoms with Crippen LogP contribution in [-0.4, -0.2) is 51.1 Å². The number of hydrogen-bond acceptors (Lipinski definition) is 7. The molecule has 1 saturated heterocycles. The number of pyridine rings is 2. The molecule has 1 fully saturated rings. The zero-order valence-electron chi connectivity index (χ0n) is 14.5. The van der Waals surface area contributed by atoms with Gasteiger partial charge >= 0.3 is 0 Å². The minimum atomic E-state index is -1.86. The van der Waals surface area contributed by atoms with Gasteiger partial charge in [0.05, 0.1) is 19.2 Å². The maximum atomic E-state index is 15.4. The van der Waals surface area contributed by atoms with Crippen LogP contribution in [0.3, 0.4) is 0 Å². The Labute approximate surface area is 154 Å². The van der Waals surface area contributed by atoms with Crippen molar-refractivity contribution in [2.24, 2.45) is 0 Å². The predicted molar refractivity (Wildman–Crippen MR) is 91.6 cm³/mol. The van der Waals surface area contributed by atoms with E-state index in [1.165, 1.54) is 18.2 Å². The number of halogens is 1. The first-order valence-corrected chi connectivity index (χ1v) is 8.32. The van der Waals surface area contributed by atoms with Crippen molar-refractivity contribution in [2.45, 2.75) is 12.1 Å². The Morgan fingerprint density at radius 1 is 1.30 bits per heavy atom. The molecule has 1 aliphatic rings. The SMILES string of the molecule is COc1ccc(C(=O)N2CCC(F)(c3noc(-c4ccncc4)n3)C2)cn1. The summed E-state index contributed by atoms with van der Waals surface area (Å²) >= 11 is 0. The Kier molecular flexibility index (Phi) is 4.27. The highest BCUT2D eigenvalue weighted by atomic mass is 19.1. The topological polar surface area (TPSA) is 94.2 Å². The third-order valence-electron chi connectivity index (χ3n) is 4.45. The summed E-state index contributed by atoms with van der Waals surface area (Å²) in [5.41, 5.74) is -0.835. The highest BCUT2D eigenvalue weighted by Gasteiger charge is 2.45. The molecule has 1 aliphatic heterocycles. The summed E-state index contributed by atoms with van der Waals surface area (Å²) in [6.07, 6.45) is 4.68. The Balaban J connectivity index is 1.51. The summed E-state index contributed by atoms with van der Waals surface area (Å²) in [7, 11) is 1.49. The monoisotopic (exact) mass is 369 g/mol. The molecule has 0 bridgehead atoms. The zero-order chi connectivity index (χ0) is 18.9. The molecule has 27 heavy (non-hydrogen) atoms. The molecule has 4 heterocycles. The van der Waals surface area contributed by atoms with Crippen LogP contribution in [0.5, 0.6) is 5.88 Å². The molecule has 1 atom stereocenters. The lowest BCUT2D eigenvalue weighted by Gasteiger charge is -2.18. The van der Waals surface area contributed by atoms with Gasteiger partial charge in [-0.05, 0) is 18.2 Å². The first-order chi connectivity index (χ1) is 13.1. The van der Waals surface area contributed by atoms with Crippen LogP contribution in [0.4, 0.5) is 4.39 Å². The van der Waals surface area contributed by atoms with Gasteiger partial charge in [0.25, 0.3) is 11.8 Å². The normalized spacial score (nSPS) is 19.3. The second-order valence-electron chi connectivity index (χ2n) is 6.19. The largest absolute Gasteiger partial charge is 0.481 e. The maximum Gasteiger partial charge on any atom is 0.258 e. The molecule has 8 nitrogen and oxygen atoms in total. The second-order valence-corrected chi connectivity index (χ2v) is 6.19. The lowest BCUT2D eigenvalue weighted by molar-refractivity contribution is 0.0742. The smallest absolute Gasteiger partial charge is 0.258 e. The van der Waals surface area contributed by atoms with Crippen LogP contribution in [0, 0.1) is 0 Å². The van der Waals surface area contributed by atoms with Crippen molar-refractivity contribution in [3.8, 4) is 17.3 Å². The third-order valence-corrected chi connectivity index (χ3v) is 4.45. The lowest BCUT2D eigenvalue weighted by Crippen LogP contribution is -2.32. The molecular formula is C18H16FN5O3. The van der Waals surface area contributed by atoms with Crippen LogP contribution in [0.25, 0.3) is 11.5 Å². The fraction of sp³-hybridized carbons (Fsp3) is 0.278. The van der Waals surface area contributed by atoms with E-state index in [0.717, 1.165) is 0 Å². The molecule has 0 aromatic carbocycles. The quantitative estimate of drug-likeness (QED) is 0.696. The van der Waals surface area contributed by atoms with Crippen molar-refractivity contribution in [3.63, 3.8) is 0 Å². The molecule has 0 N–H and O–H groups in total. The number of carbonyl (C=O) groups is 1. The van der Waals surface area contributed by atoms with Crippen molar-refractivity contribution in [1.29, 1.82) is 0 Å². The van der Waals surface area contributed by atoms with E-state index >= 15 is 4.39 Å². The minimum Gasteiger partial charge on any atom is -0.481 e. The van der Waals surface area contributed by atoms with Crippen LogP contribution in [0.15, 0.2) is 47.4 Å². The summed E-state index contributed by atoms with van der Waals surface area (Å²) < 4.78 is 25.5. The van der Waals surface area contributed by atoms with Crippen molar-refractivity contribution in [3.05, 3.63) is 54.2 Å². The molecule has 1 unspecified atom stereocenters. The molecule has 0 radical (unpaired) electrons. The molecule has 0 aliphatic carbocycles. The van der Waals surface area contributed by atoms with Gasteiger partial charge in [0.15, 0.2) is 5.67 Å². The van der Waals surface area contributed by atoms with Crippen molar-refractivity contribution >= 4 is 5.91 Å². The van der Waals surface area contributed by atoms with E-state index in [2.05, 4.69) is 20.1 Å². The van der Waals surface area contributed by atoms with Crippen LogP contribution in [-0.2, 0) is 5.67 Å². The van der Waals surface area contributed by atoms with Crippen molar-refractivity contribution < 1.29 is 18.4 Å². The average molecular weight is 369 g/mol. The number of methoxy groups -OCH3 is 1. The van der Waals surface area contributed by atoms with Gasteiger partial charge in [0.2, 0.25) is 11.7 Å². The van der Waals surface area contributed by atoms with Gasteiger partial charge in [-0.3, -0.25) is 9.78 Å². The second kappa shape index (κ2) is 6.75. The number of rotatable bonds is 4. The minimum absolute atomic E-state index is 0.0579. The summed E-state index contributed by atoms with van der Waals surface area (Å²) in [4.78, 5) is 26.1. The Hall–Kier alpha value is -3.36. The Morgan fingerprint density at radius 3 is 2.81 bits per heavy atom. The summed E-state index contributed by atoms with van der Waals surface area (Å²) in [6, 6.07) is 6.58. The molecule has 9 heteroatoms. The molecule has 0 spiro atoms. The standard InChI is InChI=1S/C18H16FN5O3/c1-26-14-3-2-13(10-21-14)16(25)24-9-6-18(19,11-24)17-22-15(27-23-17)12-4-7-20-8-5-12/h2-5,7-8,10H,6,9,11H2,1H3. The number of ether oxygens (including phenoxy) is 1. The van der Waals surface area contributed by atoms with Gasteiger partial charge in [0, 0.05) is 43.2 Å². The average Bonchev–Trinajstić information content (AvgIpc) is 3.37. The molecule has 1 amide bonds. The third kappa shape index (κ3) is 3.23. The van der Waals surface area contributed by atoms with Crippen molar-refractivity contribution in [2.75, 3.05) is 20.2 Å². The predicted octanol–water partition coefficient (Wildman–Crippen LogP) is 2.25. The number of carbonyl (C=O) groups excluding carboxylic acids is 1. The summed E-state index contributed by atoms with van der Waals surface area (Å²) in [5.74, 6) is 0.261. The van der Waals surface area contributed by atoms with Crippen LogP contribution in [0.1, 0.15) is 22.6 Å². The molecule has 4 rings (SSSR count). The number of hydrogen-bond donors (Lipinski definition) is 0. The number of amides is 1. The lowest BCUT2D eigenvalue weighted by atomic mass is 10.1.